The van der Waals surface area contributed by atoms with Gasteiger partial charge in [-0.15, -0.1) is 0 Å². The van der Waals surface area contributed by atoms with Crippen molar-refractivity contribution in [3.63, 3.8) is 0 Å². The van der Waals surface area contributed by atoms with E-state index in [9.17, 15) is 19.7 Å². The van der Waals surface area contributed by atoms with Crippen LogP contribution in [-0.4, -0.2) is 27.6 Å². The Labute approximate surface area is 165 Å². The van der Waals surface area contributed by atoms with Crippen molar-refractivity contribution in [3.05, 3.63) is 98.2 Å². The molecule has 0 spiro atoms. The fraction of sp³-hybridized carbons (Fsp3) is 0.150. The molecule has 0 radical (unpaired) electrons. The zero-order valence-electron chi connectivity index (χ0n) is 15.5. The highest BCUT2D eigenvalue weighted by atomic mass is 16.6. The van der Waals surface area contributed by atoms with Crippen molar-refractivity contribution in [3.8, 4) is 5.75 Å². The Kier molecular flexibility index (Phi) is 5.98. The molecular formula is C20H17N3O6. The number of aromatic nitrogens is 2. The molecule has 9 heteroatoms. The lowest BCUT2D eigenvalue weighted by Crippen LogP contribution is -2.24. The molecule has 2 aromatic heterocycles. The van der Waals surface area contributed by atoms with Gasteiger partial charge < -0.3 is 14.0 Å². The molecule has 0 amide bonds. The van der Waals surface area contributed by atoms with Crippen molar-refractivity contribution in [1.82, 2.24) is 9.55 Å². The Morgan fingerprint density at radius 1 is 1.21 bits per heavy atom. The first-order chi connectivity index (χ1) is 14.0. The highest BCUT2D eigenvalue weighted by Crippen LogP contribution is 2.16. The number of nitrogens with zero attached hydrogens (tertiary/aromatic N) is 3. The minimum atomic E-state index is -0.820. The van der Waals surface area contributed by atoms with Gasteiger partial charge in [0.1, 0.15) is 12.4 Å². The van der Waals surface area contributed by atoms with E-state index in [1.807, 2.05) is 18.2 Å². The summed E-state index contributed by atoms with van der Waals surface area (Å²) in [6.07, 6.45) is 2.92. The average Bonchev–Trinajstić information content (AvgIpc) is 2.74. The van der Waals surface area contributed by atoms with Gasteiger partial charge in [-0.1, -0.05) is 18.2 Å². The summed E-state index contributed by atoms with van der Waals surface area (Å²) in [5, 5.41) is 11.1. The van der Waals surface area contributed by atoms with E-state index in [4.69, 9.17) is 4.74 Å². The van der Waals surface area contributed by atoms with Crippen LogP contribution in [0.15, 0.2) is 65.7 Å². The van der Waals surface area contributed by atoms with E-state index in [1.54, 1.807) is 30.5 Å². The largest absolute Gasteiger partial charge is 0.487 e. The average molecular weight is 395 g/mol. The molecule has 2 heterocycles. The van der Waals surface area contributed by atoms with Gasteiger partial charge in [-0.25, -0.2) is 4.79 Å². The monoisotopic (exact) mass is 395 g/mol. The number of benzene rings is 1. The first kappa shape index (κ1) is 19.7. The Bertz CT molecular complexity index is 1080. The number of nitro groups is 1. The molecule has 0 bridgehead atoms. The van der Waals surface area contributed by atoms with Crippen LogP contribution in [0, 0.1) is 10.1 Å². The van der Waals surface area contributed by atoms with Crippen LogP contribution in [0.2, 0.25) is 0 Å². The van der Waals surface area contributed by atoms with Gasteiger partial charge in [0.2, 0.25) is 0 Å². The molecule has 29 heavy (non-hydrogen) atoms. The van der Waals surface area contributed by atoms with Gasteiger partial charge in [-0.3, -0.25) is 19.9 Å². The topological polar surface area (TPSA) is 114 Å². The van der Waals surface area contributed by atoms with Crippen molar-refractivity contribution in [2.75, 3.05) is 7.11 Å². The van der Waals surface area contributed by atoms with Gasteiger partial charge in [0.15, 0.2) is 0 Å². The van der Waals surface area contributed by atoms with E-state index in [-0.39, 0.29) is 12.1 Å². The van der Waals surface area contributed by atoms with E-state index < -0.39 is 22.1 Å². The molecule has 0 aliphatic carbocycles. The summed E-state index contributed by atoms with van der Waals surface area (Å²) in [6, 6.07) is 13.4. The number of esters is 1. The second-order valence-corrected chi connectivity index (χ2v) is 6.05. The van der Waals surface area contributed by atoms with Gasteiger partial charge >= 0.3 is 17.2 Å². The van der Waals surface area contributed by atoms with E-state index in [0.29, 0.717) is 17.9 Å². The predicted octanol–water partition coefficient (Wildman–Crippen LogP) is 2.57. The third-order valence-electron chi connectivity index (χ3n) is 4.07. The normalized spacial score (nSPS) is 10.4. The van der Waals surface area contributed by atoms with Crippen LogP contribution >= 0.6 is 0 Å². The number of hydrogen-bond acceptors (Lipinski definition) is 7. The number of ether oxygens (including phenoxy) is 2. The minimum absolute atomic E-state index is 0.0467. The second kappa shape index (κ2) is 8.79. The highest BCUT2D eigenvalue weighted by Gasteiger charge is 2.20. The molecule has 0 aliphatic rings. The van der Waals surface area contributed by atoms with Crippen molar-refractivity contribution in [2.45, 2.75) is 13.2 Å². The standard InChI is InChI=1S/C20H17N3O6/c1-28-20(25)15-10-18(23(26)27)19(24)22(12-15)11-14-5-7-17(8-6-14)29-13-16-4-2-3-9-21-16/h2-10,12H,11,13H2,1H3. The maximum atomic E-state index is 12.3. The predicted molar refractivity (Wildman–Crippen MR) is 103 cm³/mol. The molecular weight excluding hydrogens is 378 g/mol. The fourth-order valence-corrected chi connectivity index (χ4v) is 2.63. The number of carbonyl (C=O) groups excluding carboxylic acids is 1. The Hall–Kier alpha value is -4.01. The molecule has 0 unspecified atom stereocenters. The molecule has 148 valence electrons. The van der Waals surface area contributed by atoms with Gasteiger partial charge in [0.05, 0.1) is 29.8 Å². The van der Waals surface area contributed by atoms with Crippen molar-refractivity contribution in [2.24, 2.45) is 0 Å². The molecule has 0 fully saturated rings. The molecule has 0 atom stereocenters. The minimum Gasteiger partial charge on any atom is -0.487 e. The van der Waals surface area contributed by atoms with Gasteiger partial charge in [0, 0.05) is 18.5 Å². The van der Waals surface area contributed by atoms with Crippen molar-refractivity contribution >= 4 is 11.7 Å². The Morgan fingerprint density at radius 2 is 1.97 bits per heavy atom. The maximum absolute atomic E-state index is 12.3. The van der Waals surface area contributed by atoms with Crippen LogP contribution in [0.3, 0.4) is 0 Å². The molecule has 3 aromatic rings. The van der Waals surface area contributed by atoms with Crippen LogP contribution < -0.4 is 10.3 Å². The van der Waals surface area contributed by atoms with Gasteiger partial charge in [-0.2, -0.15) is 0 Å². The zero-order chi connectivity index (χ0) is 20.8. The summed E-state index contributed by atoms with van der Waals surface area (Å²) >= 11 is 0. The van der Waals surface area contributed by atoms with Gasteiger partial charge in [0.25, 0.3) is 0 Å². The fourth-order valence-electron chi connectivity index (χ4n) is 2.63. The number of rotatable bonds is 7. The summed E-state index contributed by atoms with van der Waals surface area (Å²) in [7, 11) is 1.16. The van der Waals surface area contributed by atoms with Gasteiger partial charge in [-0.05, 0) is 29.8 Å². The zero-order valence-corrected chi connectivity index (χ0v) is 15.5. The lowest BCUT2D eigenvalue weighted by Gasteiger charge is -2.10. The number of methoxy groups -OCH3 is 1. The lowest BCUT2D eigenvalue weighted by molar-refractivity contribution is -0.386. The maximum Gasteiger partial charge on any atom is 0.339 e. The van der Waals surface area contributed by atoms with E-state index in [1.165, 1.54) is 6.20 Å². The van der Waals surface area contributed by atoms with Crippen molar-refractivity contribution in [1.29, 1.82) is 0 Å². The first-order valence-corrected chi connectivity index (χ1v) is 8.57. The molecule has 0 aliphatic heterocycles. The molecule has 0 saturated carbocycles. The highest BCUT2D eigenvalue weighted by molar-refractivity contribution is 5.89. The van der Waals surface area contributed by atoms with Crippen LogP contribution in [-0.2, 0) is 17.9 Å². The lowest BCUT2D eigenvalue weighted by atomic mass is 10.2. The van der Waals surface area contributed by atoms with Crippen LogP contribution in [0.5, 0.6) is 5.75 Å². The molecule has 9 nitrogen and oxygen atoms in total. The molecule has 3 rings (SSSR count). The summed E-state index contributed by atoms with van der Waals surface area (Å²) in [5.74, 6) is -0.152. The first-order valence-electron chi connectivity index (χ1n) is 8.57. The Balaban J connectivity index is 1.78. The SMILES string of the molecule is COC(=O)c1cc([N+](=O)[O-])c(=O)n(Cc2ccc(OCc3ccccn3)cc2)c1. The van der Waals surface area contributed by atoms with E-state index in [2.05, 4.69) is 9.72 Å². The summed E-state index contributed by atoms with van der Waals surface area (Å²) < 4.78 is 11.4. The summed E-state index contributed by atoms with van der Waals surface area (Å²) in [5.41, 5.74) is -0.0841. The molecule has 0 saturated heterocycles. The van der Waals surface area contributed by atoms with E-state index >= 15 is 0 Å². The number of carbonyl (C=O) groups is 1. The summed E-state index contributed by atoms with van der Waals surface area (Å²) in [6.45, 7) is 0.359. The van der Waals surface area contributed by atoms with Crippen LogP contribution in [0.25, 0.3) is 0 Å². The molecule has 0 N–H and O–H groups in total. The van der Waals surface area contributed by atoms with Crippen molar-refractivity contribution < 1.29 is 19.2 Å². The number of hydrogen-bond donors (Lipinski definition) is 0. The number of pyridine rings is 2. The summed E-state index contributed by atoms with van der Waals surface area (Å²) in [4.78, 5) is 38.6. The Morgan fingerprint density at radius 3 is 2.59 bits per heavy atom. The van der Waals surface area contributed by atoms with E-state index in [0.717, 1.165) is 23.4 Å². The second-order valence-electron chi connectivity index (χ2n) is 6.05. The third kappa shape index (κ3) is 4.83. The third-order valence-corrected chi connectivity index (χ3v) is 4.07. The van der Waals surface area contributed by atoms with Crippen LogP contribution in [0.4, 0.5) is 5.69 Å². The molecule has 1 aromatic carbocycles. The quantitative estimate of drug-likeness (QED) is 0.343. The van der Waals surface area contributed by atoms with Crippen LogP contribution in [0.1, 0.15) is 21.6 Å². The smallest absolute Gasteiger partial charge is 0.339 e.